The van der Waals surface area contributed by atoms with Crippen molar-refractivity contribution in [3.8, 4) is 0 Å². The summed E-state index contributed by atoms with van der Waals surface area (Å²) in [6.07, 6.45) is 5.98. The van der Waals surface area contributed by atoms with Crippen LogP contribution in [0, 0.1) is 0 Å². The lowest BCUT2D eigenvalue weighted by molar-refractivity contribution is 0.709. The van der Waals surface area contributed by atoms with E-state index in [1.165, 1.54) is 6.42 Å². The summed E-state index contributed by atoms with van der Waals surface area (Å²) < 4.78 is 2.01. The van der Waals surface area contributed by atoms with Gasteiger partial charge < -0.3 is 15.2 Å². The second-order valence-corrected chi connectivity index (χ2v) is 4.49. The maximum Gasteiger partial charge on any atom is 0.156 e. The molecular weight excluding hydrogens is 226 g/mol. The molecule has 2 aromatic heterocycles. The van der Waals surface area contributed by atoms with Crippen LogP contribution in [0.15, 0.2) is 18.6 Å². The molecule has 0 saturated carbocycles. The van der Waals surface area contributed by atoms with E-state index in [-0.39, 0.29) is 0 Å². The predicted molar refractivity (Wildman–Crippen MR) is 74.7 cm³/mol. The fourth-order valence-corrected chi connectivity index (χ4v) is 2.11. The first kappa shape index (κ1) is 12.8. The highest BCUT2D eigenvalue weighted by Crippen LogP contribution is 2.22. The van der Waals surface area contributed by atoms with Gasteiger partial charge in [0.1, 0.15) is 5.52 Å². The topological polar surface area (TPSA) is 60.0 Å². The number of aryl methyl sites for hydroxylation is 1. The molecule has 0 atom stereocenters. The van der Waals surface area contributed by atoms with Crippen LogP contribution in [0.25, 0.3) is 11.0 Å². The number of nitrogens with zero attached hydrogens (tertiary/aromatic N) is 4. The standard InChI is InChI=1S/C13H21N5/c1-3-4-8-18(9-6-14)13-12-11(5-7-15-13)17(2)10-16-12/h5,7,10H,3-4,6,8-9,14H2,1-2H3. The van der Waals surface area contributed by atoms with Gasteiger partial charge in [0.2, 0.25) is 0 Å². The lowest BCUT2D eigenvalue weighted by Gasteiger charge is -2.23. The van der Waals surface area contributed by atoms with Crippen molar-refractivity contribution < 1.29 is 0 Å². The predicted octanol–water partition coefficient (Wildman–Crippen LogP) is 1.53. The van der Waals surface area contributed by atoms with Gasteiger partial charge in [-0.1, -0.05) is 13.3 Å². The molecule has 0 aliphatic rings. The number of hydrogen-bond acceptors (Lipinski definition) is 4. The number of aromatic nitrogens is 3. The third kappa shape index (κ3) is 2.46. The Morgan fingerprint density at radius 2 is 2.17 bits per heavy atom. The average Bonchev–Trinajstić information content (AvgIpc) is 2.77. The highest BCUT2D eigenvalue weighted by Gasteiger charge is 2.13. The third-order valence-corrected chi connectivity index (χ3v) is 3.10. The van der Waals surface area contributed by atoms with Gasteiger partial charge in [0, 0.05) is 32.9 Å². The van der Waals surface area contributed by atoms with Gasteiger partial charge in [0.25, 0.3) is 0 Å². The summed E-state index contributed by atoms with van der Waals surface area (Å²) >= 11 is 0. The normalized spacial score (nSPS) is 11.1. The summed E-state index contributed by atoms with van der Waals surface area (Å²) in [6, 6.07) is 1.99. The number of unbranched alkanes of at least 4 members (excludes halogenated alkanes) is 1. The Kier molecular flexibility index (Phi) is 4.15. The zero-order valence-corrected chi connectivity index (χ0v) is 11.1. The van der Waals surface area contributed by atoms with Gasteiger partial charge in [0.15, 0.2) is 5.82 Å². The van der Waals surface area contributed by atoms with Crippen molar-refractivity contribution in [3.63, 3.8) is 0 Å². The molecule has 98 valence electrons. The van der Waals surface area contributed by atoms with Crippen LogP contribution >= 0.6 is 0 Å². The minimum absolute atomic E-state index is 0.634. The summed E-state index contributed by atoms with van der Waals surface area (Å²) in [6.45, 7) is 4.63. The largest absolute Gasteiger partial charge is 0.353 e. The molecule has 0 aliphatic heterocycles. The second kappa shape index (κ2) is 5.82. The fraction of sp³-hybridized carbons (Fsp3) is 0.538. The third-order valence-electron chi connectivity index (χ3n) is 3.10. The fourth-order valence-electron chi connectivity index (χ4n) is 2.11. The number of nitrogens with two attached hydrogens (primary N) is 1. The van der Waals surface area contributed by atoms with Gasteiger partial charge in [-0.05, 0) is 12.5 Å². The monoisotopic (exact) mass is 247 g/mol. The molecule has 0 unspecified atom stereocenters. The van der Waals surface area contributed by atoms with E-state index >= 15 is 0 Å². The van der Waals surface area contributed by atoms with E-state index in [0.717, 1.165) is 36.4 Å². The maximum absolute atomic E-state index is 5.69. The minimum atomic E-state index is 0.634. The summed E-state index contributed by atoms with van der Waals surface area (Å²) in [5.74, 6) is 0.951. The first-order valence-electron chi connectivity index (χ1n) is 6.49. The van der Waals surface area contributed by atoms with Gasteiger partial charge >= 0.3 is 0 Å². The number of imidazole rings is 1. The number of pyridine rings is 1. The van der Waals surface area contributed by atoms with Crippen molar-refractivity contribution in [2.24, 2.45) is 12.8 Å². The molecule has 5 heteroatoms. The van der Waals surface area contributed by atoms with E-state index in [4.69, 9.17) is 5.73 Å². The Morgan fingerprint density at radius 3 is 2.89 bits per heavy atom. The van der Waals surface area contributed by atoms with E-state index in [9.17, 15) is 0 Å². The van der Waals surface area contributed by atoms with Crippen molar-refractivity contribution >= 4 is 16.9 Å². The number of hydrogen-bond donors (Lipinski definition) is 1. The minimum Gasteiger partial charge on any atom is -0.353 e. The van der Waals surface area contributed by atoms with Crippen LogP contribution < -0.4 is 10.6 Å². The Labute approximate surface area is 108 Å². The van der Waals surface area contributed by atoms with Gasteiger partial charge in [-0.15, -0.1) is 0 Å². The molecule has 0 aromatic carbocycles. The summed E-state index contributed by atoms with van der Waals surface area (Å²) in [4.78, 5) is 11.2. The highest BCUT2D eigenvalue weighted by molar-refractivity contribution is 5.86. The smallest absolute Gasteiger partial charge is 0.156 e. The van der Waals surface area contributed by atoms with Crippen LogP contribution in [-0.2, 0) is 7.05 Å². The zero-order chi connectivity index (χ0) is 13.0. The molecule has 2 rings (SSSR count). The van der Waals surface area contributed by atoms with Crippen LogP contribution in [0.3, 0.4) is 0 Å². The summed E-state index contributed by atoms with van der Waals surface area (Å²) in [5, 5.41) is 0. The Bertz CT molecular complexity index is 505. The van der Waals surface area contributed by atoms with Crippen LogP contribution in [-0.4, -0.2) is 34.2 Å². The van der Waals surface area contributed by atoms with E-state index in [1.807, 2.05) is 30.2 Å². The molecule has 5 nitrogen and oxygen atoms in total. The molecule has 18 heavy (non-hydrogen) atoms. The van der Waals surface area contributed by atoms with Gasteiger partial charge in [-0.3, -0.25) is 0 Å². The van der Waals surface area contributed by atoms with E-state index < -0.39 is 0 Å². The maximum atomic E-state index is 5.69. The van der Waals surface area contributed by atoms with E-state index in [0.29, 0.717) is 6.54 Å². The Hall–Kier alpha value is -1.62. The van der Waals surface area contributed by atoms with Crippen LogP contribution in [0.1, 0.15) is 19.8 Å². The second-order valence-electron chi connectivity index (χ2n) is 4.49. The average molecular weight is 247 g/mol. The van der Waals surface area contributed by atoms with Crippen molar-refractivity contribution in [1.82, 2.24) is 14.5 Å². The lowest BCUT2D eigenvalue weighted by atomic mass is 10.3. The molecule has 0 fully saturated rings. The molecule has 2 aromatic rings. The van der Waals surface area contributed by atoms with Crippen molar-refractivity contribution in [2.75, 3.05) is 24.5 Å². The van der Waals surface area contributed by atoms with Crippen molar-refractivity contribution in [3.05, 3.63) is 18.6 Å². The SMILES string of the molecule is CCCCN(CCN)c1nccc2c1ncn2C. The molecule has 0 amide bonds. The molecule has 2 heterocycles. The number of rotatable bonds is 6. The Morgan fingerprint density at radius 1 is 1.33 bits per heavy atom. The summed E-state index contributed by atoms with van der Waals surface area (Å²) in [5.41, 5.74) is 7.76. The van der Waals surface area contributed by atoms with E-state index in [1.54, 1.807) is 0 Å². The number of anilines is 1. The van der Waals surface area contributed by atoms with Crippen molar-refractivity contribution in [2.45, 2.75) is 19.8 Å². The van der Waals surface area contributed by atoms with Crippen LogP contribution in [0.4, 0.5) is 5.82 Å². The number of fused-ring (bicyclic) bond motifs is 1. The van der Waals surface area contributed by atoms with Gasteiger partial charge in [-0.25, -0.2) is 9.97 Å². The molecule has 2 N–H and O–H groups in total. The molecule has 0 aliphatic carbocycles. The van der Waals surface area contributed by atoms with Gasteiger partial charge in [0.05, 0.1) is 11.8 Å². The lowest BCUT2D eigenvalue weighted by Crippen LogP contribution is -2.31. The summed E-state index contributed by atoms with van der Waals surface area (Å²) in [7, 11) is 2.00. The molecule has 0 spiro atoms. The molecule has 0 saturated heterocycles. The zero-order valence-electron chi connectivity index (χ0n) is 11.1. The molecule has 0 bridgehead atoms. The highest BCUT2D eigenvalue weighted by atomic mass is 15.2. The van der Waals surface area contributed by atoms with E-state index in [2.05, 4.69) is 21.8 Å². The van der Waals surface area contributed by atoms with Gasteiger partial charge in [-0.2, -0.15) is 0 Å². The first-order valence-corrected chi connectivity index (χ1v) is 6.49. The Balaban J connectivity index is 2.36. The quantitative estimate of drug-likeness (QED) is 0.841. The first-order chi connectivity index (χ1) is 8.77. The van der Waals surface area contributed by atoms with Crippen molar-refractivity contribution in [1.29, 1.82) is 0 Å². The molecule has 0 radical (unpaired) electrons. The van der Waals surface area contributed by atoms with Crippen LogP contribution in [0.2, 0.25) is 0 Å². The van der Waals surface area contributed by atoms with Crippen LogP contribution in [0.5, 0.6) is 0 Å². The molecular formula is C13H21N5.